The van der Waals surface area contributed by atoms with E-state index in [1.165, 1.54) is 28.4 Å². The summed E-state index contributed by atoms with van der Waals surface area (Å²) >= 11 is 0. The van der Waals surface area contributed by atoms with Crippen LogP contribution in [0.5, 0.6) is 0 Å². The van der Waals surface area contributed by atoms with Crippen molar-refractivity contribution in [2.45, 2.75) is 12.2 Å². The quantitative estimate of drug-likeness (QED) is 0.557. The molecule has 0 N–H and O–H groups in total. The SMILES string of the molecule is COC(=O)[C@@H](OC)[C@H](OC)C(=O)OC. The highest BCUT2D eigenvalue weighted by Crippen LogP contribution is 2.06. The van der Waals surface area contributed by atoms with E-state index in [0.717, 1.165) is 0 Å². The molecule has 0 radical (unpaired) electrons. The maximum absolute atomic E-state index is 11.1. The molecule has 0 bridgehead atoms. The highest BCUT2D eigenvalue weighted by Gasteiger charge is 2.35. The second-order valence-corrected chi connectivity index (χ2v) is 2.36. The van der Waals surface area contributed by atoms with Crippen molar-refractivity contribution in [3.8, 4) is 0 Å². The molecule has 2 atom stereocenters. The van der Waals surface area contributed by atoms with Gasteiger partial charge >= 0.3 is 11.9 Å². The van der Waals surface area contributed by atoms with E-state index < -0.39 is 24.1 Å². The zero-order chi connectivity index (χ0) is 11.1. The van der Waals surface area contributed by atoms with E-state index in [0.29, 0.717) is 0 Å². The Bertz CT molecular complexity index is 180. The van der Waals surface area contributed by atoms with Crippen LogP contribution < -0.4 is 0 Å². The zero-order valence-electron chi connectivity index (χ0n) is 8.60. The van der Waals surface area contributed by atoms with Crippen LogP contribution in [0.1, 0.15) is 0 Å². The molecule has 14 heavy (non-hydrogen) atoms. The summed E-state index contributed by atoms with van der Waals surface area (Å²) in [4.78, 5) is 22.3. The van der Waals surface area contributed by atoms with Crippen molar-refractivity contribution < 1.29 is 28.5 Å². The molecule has 0 unspecified atom stereocenters. The minimum Gasteiger partial charge on any atom is -0.467 e. The predicted octanol–water partition coefficient (Wildman–Crippen LogP) is -0.638. The Morgan fingerprint density at radius 2 is 1.07 bits per heavy atom. The lowest BCUT2D eigenvalue weighted by molar-refractivity contribution is -0.175. The van der Waals surface area contributed by atoms with Crippen molar-refractivity contribution in [3.05, 3.63) is 0 Å². The van der Waals surface area contributed by atoms with Crippen molar-refractivity contribution in [3.63, 3.8) is 0 Å². The van der Waals surface area contributed by atoms with Gasteiger partial charge in [-0.15, -0.1) is 0 Å². The monoisotopic (exact) mass is 206 g/mol. The Kier molecular flexibility index (Phi) is 5.82. The first-order chi connectivity index (χ1) is 6.62. The minimum atomic E-state index is -1.11. The first-order valence-corrected chi connectivity index (χ1v) is 3.83. The molecule has 0 heterocycles. The molecule has 6 heteroatoms. The molecular formula is C8H14O6. The average molecular weight is 206 g/mol. The molecule has 0 aliphatic rings. The van der Waals surface area contributed by atoms with Crippen LogP contribution in [0, 0.1) is 0 Å². The molecule has 0 aromatic rings. The van der Waals surface area contributed by atoms with Gasteiger partial charge in [0.1, 0.15) is 0 Å². The zero-order valence-corrected chi connectivity index (χ0v) is 8.60. The van der Waals surface area contributed by atoms with Crippen LogP contribution in [-0.2, 0) is 28.5 Å². The fourth-order valence-corrected chi connectivity index (χ4v) is 0.919. The minimum absolute atomic E-state index is 0.690. The van der Waals surface area contributed by atoms with Gasteiger partial charge in [0.15, 0.2) is 12.2 Å². The number of hydrogen-bond acceptors (Lipinski definition) is 6. The van der Waals surface area contributed by atoms with E-state index in [9.17, 15) is 9.59 Å². The number of ether oxygens (including phenoxy) is 4. The number of carbonyl (C=O) groups excluding carboxylic acids is 2. The third kappa shape index (κ3) is 2.97. The smallest absolute Gasteiger partial charge is 0.338 e. The van der Waals surface area contributed by atoms with Gasteiger partial charge in [-0.3, -0.25) is 0 Å². The van der Waals surface area contributed by atoms with Crippen molar-refractivity contribution in [2.75, 3.05) is 28.4 Å². The van der Waals surface area contributed by atoms with Crippen LogP contribution in [0.2, 0.25) is 0 Å². The third-order valence-electron chi connectivity index (χ3n) is 1.65. The molecule has 6 nitrogen and oxygen atoms in total. The Hall–Kier alpha value is -1.14. The van der Waals surface area contributed by atoms with Gasteiger partial charge in [-0.1, -0.05) is 0 Å². The summed E-state index contributed by atoms with van der Waals surface area (Å²) in [5, 5.41) is 0. The third-order valence-corrected chi connectivity index (χ3v) is 1.65. The summed E-state index contributed by atoms with van der Waals surface area (Å²) in [6.07, 6.45) is -2.23. The molecule has 0 aromatic heterocycles. The summed E-state index contributed by atoms with van der Waals surface area (Å²) in [5.41, 5.74) is 0. The largest absolute Gasteiger partial charge is 0.467 e. The molecule has 0 rings (SSSR count). The number of rotatable bonds is 5. The van der Waals surface area contributed by atoms with Gasteiger partial charge < -0.3 is 18.9 Å². The van der Waals surface area contributed by atoms with Gasteiger partial charge in [-0.2, -0.15) is 0 Å². The highest BCUT2D eigenvalue weighted by atomic mass is 16.6. The Morgan fingerprint density at radius 3 is 1.21 bits per heavy atom. The normalized spacial score (nSPS) is 14.3. The number of esters is 2. The summed E-state index contributed by atoms with van der Waals surface area (Å²) in [5.74, 6) is -1.38. The van der Waals surface area contributed by atoms with Gasteiger partial charge in [0, 0.05) is 14.2 Å². The van der Waals surface area contributed by atoms with Crippen LogP contribution in [0.25, 0.3) is 0 Å². The van der Waals surface area contributed by atoms with E-state index in [-0.39, 0.29) is 0 Å². The van der Waals surface area contributed by atoms with Crippen LogP contribution in [0.4, 0.5) is 0 Å². The van der Waals surface area contributed by atoms with Crippen LogP contribution in [0.3, 0.4) is 0 Å². The second kappa shape index (κ2) is 6.33. The summed E-state index contributed by atoms with van der Waals surface area (Å²) in [6, 6.07) is 0. The van der Waals surface area contributed by atoms with E-state index in [2.05, 4.69) is 9.47 Å². The molecule has 0 aliphatic carbocycles. The summed E-state index contributed by atoms with van der Waals surface area (Å²) in [6.45, 7) is 0. The predicted molar refractivity (Wildman–Crippen MR) is 45.6 cm³/mol. The first kappa shape index (κ1) is 12.9. The lowest BCUT2D eigenvalue weighted by atomic mass is 10.2. The van der Waals surface area contributed by atoms with Crippen LogP contribution >= 0.6 is 0 Å². The maximum atomic E-state index is 11.1. The molecule has 0 spiro atoms. The van der Waals surface area contributed by atoms with Gasteiger partial charge in [0.25, 0.3) is 0 Å². The molecule has 0 saturated carbocycles. The van der Waals surface area contributed by atoms with Gasteiger partial charge in [-0.25, -0.2) is 9.59 Å². The topological polar surface area (TPSA) is 71.1 Å². The highest BCUT2D eigenvalue weighted by molar-refractivity contribution is 5.85. The lowest BCUT2D eigenvalue weighted by Crippen LogP contribution is -2.43. The molecule has 0 aromatic carbocycles. The Labute approximate surface area is 82.1 Å². The van der Waals surface area contributed by atoms with E-state index in [1.54, 1.807) is 0 Å². The standard InChI is InChI=1S/C8H14O6/c1-11-5(7(9)13-3)6(12-2)8(10)14-4/h5-6H,1-4H3/t5-,6-/m0/s1. The van der Waals surface area contributed by atoms with Crippen molar-refractivity contribution in [2.24, 2.45) is 0 Å². The fraction of sp³-hybridized carbons (Fsp3) is 0.750. The Morgan fingerprint density at radius 1 is 0.786 bits per heavy atom. The summed E-state index contributed by atoms with van der Waals surface area (Å²) < 4.78 is 18.4. The second-order valence-electron chi connectivity index (χ2n) is 2.36. The molecule has 0 aliphatic heterocycles. The maximum Gasteiger partial charge on any atom is 0.338 e. The van der Waals surface area contributed by atoms with Gasteiger partial charge in [0.05, 0.1) is 14.2 Å². The van der Waals surface area contributed by atoms with Crippen molar-refractivity contribution in [1.29, 1.82) is 0 Å². The molecular weight excluding hydrogens is 192 g/mol. The molecule has 0 amide bonds. The van der Waals surface area contributed by atoms with Crippen molar-refractivity contribution >= 4 is 11.9 Å². The van der Waals surface area contributed by atoms with Crippen LogP contribution in [0.15, 0.2) is 0 Å². The van der Waals surface area contributed by atoms with Crippen molar-refractivity contribution in [1.82, 2.24) is 0 Å². The molecule has 0 fully saturated rings. The van der Waals surface area contributed by atoms with Gasteiger partial charge in [-0.05, 0) is 0 Å². The van der Waals surface area contributed by atoms with Crippen LogP contribution in [-0.4, -0.2) is 52.6 Å². The average Bonchev–Trinajstić information content (AvgIpc) is 2.23. The first-order valence-electron chi connectivity index (χ1n) is 3.83. The fourth-order valence-electron chi connectivity index (χ4n) is 0.919. The lowest BCUT2D eigenvalue weighted by Gasteiger charge is -2.20. The number of carbonyl (C=O) groups is 2. The van der Waals surface area contributed by atoms with E-state index in [4.69, 9.17) is 9.47 Å². The molecule has 82 valence electrons. The summed E-state index contributed by atoms with van der Waals surface area (Å²) in [7, 11) is 4.93. The number of hydrogen-bond donors (Lipinski definition) is 0. The number of methoxy groups -OCH3 is 4. The van der Waals surface area contributed by atoms with E-state index >= 15 is 0 Å². The van der Waals surface area contributed by atoms with Gasteiger partial charge in [0.2, 0.25) is 0 Å². The van der Waals surface area contributed by atoms with E-state index in [1.807, 2.05) is 0 Å². The molecule has 0 saturated heterocycles. The Balaban J connectivity index is 4.60.